The first-order valence-electron chi connectivity index (χ1n) is 8.49. The lowest BCUT2D eigenvalue weighted by atomic mass is 9.98. The summed E-state index contributed by atoms with van der Waals surface area (Å²) in [5.41, 5.74) is 5.81. The number of carboxylic acid groups (broad SMARTS) is 1. The van der Waals surface area contributed by atoms with E-state index in [1.54, 1.807) is 6.92 Å². The fraction of sp³-hybridized carbons (Fsp3) is 0.750. The standard InChI is InChI=1S/C16H30N4O6/c1-6-7(2)11(17)14(23)20-12(10(5)21)15(24)18-8(3)13(22)19-9(4)16(25)26/h7-12,21H,6,17H2,1-5H3,(H,18,24)(H,19,22)(H,20,23)(H,25,26). The molecule has 0 rings (SSSR count). The Balaban J connectivity index is 4.90. The van der Waals surface area contributed by atoms with E-state index in [1.807, 2.05) is 6.92 Å². The molecule has 0 heterocycles. The number of carboxylic acids is 1. The minimum absolute atomic E-state index is 0.116. The van der Waals surface area contributed by atoms with Crippen LogP contribution in [0.2, 0.25) is 0 Å². The lowest BCUT2D eigenvalue weighted by molar-refractivity contribution is -0.141. The Kier molecular flexibility index (Phi) is 9.81. The smallest absolute Gasteiger partial charge is 0.325 e. The number of hydrogen-bond donors (Lipinski definition) is 6. The van der Waals surface area contributed by atoms with Crippen molar-refractivity contribution in [3.05, 3.63) is 0 Å². The Labute approximate surface area is 152 Å². The number of rotatable bonds is 10. The molecule has 0 radical (unpaired) electrons. The van der Waals surface area contributed by atoms with Crippen molar-refractivity contribution in [2.75, 3.05) is 0 Å². The minimum atomic E-state index is -1.30. The summed E-state index contributed by atoms with van der Waals surface area (Å²) < 4.78 is 0. The summed E-state index contributed by atoms with van der Waals surface area (Å²) in [7, 11) is 0. The molecule has 0 aliphatic rings. The number of carbonyl (C=O) groups excluding carboxylic acids is 3. The molecule has 26 heavy (non-hydrogen) atoms. The first-order valence-corrected chi connectivity index (χ1v) is 8.49. The van der Waals surface area contributed by atoms with E-state index in [0.717, 1.165) is 0 Å². The highest BCUT2D eigenvalue weighted by atomic mass is 16.4. The summed E-state index contributed by atoms with van der Waals surface area (Å²) in [5.74, 6) is -3.41. The third-order valence-corrected chi connectivity index (χ3v) is 4.10. The van der Waals surface area contributed by atoms with E-state index >= 15 is 0 Å². The normalized spacial score (nSPS) is 17.8. The lowest BCUT2D eigenvalue weighted by Gasteiger charge is -2.26. The number of aliphatic carboxylic acids is 1. The van der Waals surface area contributed by atoms with Gasteiger partial charge in [-0.15, -0.1) is 0 Å². The van der Waals surface area contributed by atoms with Crippen LogP contribution in [0.1, 0.15) is 41.0 Å². The first kappa shape index (κ1) is 23.8. The van der Waals surface area contributed by atoms with Gasteiger partial charge in [0.05, 0.1) is 12.1 Å². The highest BCUT2D eigenvalue weighted by Crippen LogP contribution is 2.06. The van der Waals surface area contributed by atoms with Gasteiger partial charge in [-0.25, -0.2) is 0 Å². The minimum Gasteiger partial charge on any atom is -0.480 e. The summed E-state index contributed by atoms with van der Waals surface area (Å²) in [4.78, 5) is 47.1. The average molecular weight is 374 g/mol. The number of carbonyl (C=O) groups is 4. The number of nitrogens with two attached hydrogens (primary N) is 1. The molecule has 0 bridgehead atoms. The molecule has 0 saturated heterocycles. The van der Waals surface area contributed by atoms with Crippen LogP contribution in [0.5, 0.6) is 0 Å². The molecular weight excluding hydrogens is 344 g/mol. The molecule has 0 aliphatic carbocycles. The van der Waals surface area contributed by atoms with Gasteiger partial charge in [0.15, 0.2) is 0 Å². The van der Waals surface area contributed by atoms with Crippen LogP contribution >= 0.6 is 0 Å². The highest BCUT2D eigenvalue weighted by Gasteiger charge is 2.31. The van der Waals surface area contributed by atoms with Gasteiger partial charge in [0.2, 0.25) is 17.7 Å². The van der Waals surface area contributed by atoms with Crippen LogP contribution in [0.15, 0.2) is 0 Å². The van der Waals surface area contributed by atoms with E-state index in [1.165, 1.54) is 20.8 Å². The van der Waals surface area contributed by atoms with Crippen molar-refractivity contribution in [2.45, 2.75) is 71.3 Å². The molecule has 0 spiro atoms. The van der Waals surface area contributed by atoms with Crippen molar-refractivity contribution in [3.63, 3.8) is 0 Å². The van der Waals surface area contributed by atoms with Crippen LogP contribution in [0, 0.1) is 5.92 Å². The van der Waals surface area contributed by atoms with Gasteiger partial charge in [-0.2, -0.15) is 0 Å². The molecule has 0 aliphatic heterocycles. The molecule has 10 nitrogen and oxygen atoms in total. The summed E-state index contributed by atoms with van der Waals surface area (Å²) in [6.45, 7) is 7.61. The molecule has 150 valence electrons. The molecule has 3 amide bonds. The number of nitrogens with one attached hydrogen (secondary N) is 3. The van der Waals surface area contributed by atoms with Gasteiger partial charge in [-0.1, -0.05) is 20.3 Å². The summed E-state index contributed by atoms with van der Waals surface area (Å²) >= 11 is 0. The number of aliphatic hydroxyl groups is 1. The second-order valence-electron chi connectivity index (χ2n) is 6.44. The second kappa shape index (κ2) is 10.7. The monoisotopic (exact) mass is 374 g/mol. The van der Waals surface area contributed by atoms with Gasteiger partial charge in [0, 0.05) is 0 Å². The Morgan fingerprint density at radius 3 is 1.81 bits per heavy atom. The quantitative estimate of drug-likeness (QED) is 0.265. The predicted molar refractivity (Wildman–Crippen MR) is 93.9 cm³/mol. The maximum atomic E-state index is 12.3. The van der Waals surface area contributed by atoms with E-state index < -0.39 is 54.0 Å². The fourth-order valence-electron chi connectivity index (χ4n) is 1.94. The molecule has 0 aromatic carbocycles. The van der Waals surface area contributed by atoms with Crippen LogP contribution in [-0.2, 0) is 19.2 Å². The van der Waals surface area contributed by atoms with Crippen LogP contribution in [0.4, 0.5) is 0 Å². The first-order chi connectivity index (χ1) is 11.9. The SMILES string of the molecule is CCC(C)C(N)C(=O)NC(C(=O)NC(C)C(=O)NC(C)C(=O)O)C(C)O. The van der Waals surface area contributed by atoms with Crippen molar-refractivity contribution in [1.82, 2.24) is 16.0 Å². The zero-order chi connectivity index (χ0) is 20.6. The molecule has 0 aromatic heterocycles. The van der Waals surface area contributed by atoms with Crippen LogP contribution in [-0.4, -0.2) is 64.2 Å². The number of aliphatic hydroxyl groups excluding tert-OH is 1. The van der Waals surface area contributed by atoms with Crippen LogP contribution in [0.25, 0.3) is 0 Å². The summed E-state index contributed by atoms with van der Waals surface area (Å²) in [6, 6.07) is -4.33. The zero-order valence-electron chi connectivity index (χ0n) is 15.8. The van der Waals surface area contributed by atoms with Crippen LogP contribution in [0.3, 0.4) is 0 Å². The Morgan fingerprint density at radius 1 is 0.885 bits per heavy atom. The molecule has 0 saturated carbocycles. The van der Waals surface area contributed by atoms with Crippen molar-refractivity contribution in [1.29, 1.82) is 0 Å². The third kappa shape index (κ3) is 7.36. The van der Waals surface area contributed by atoms with E-state index in [9.17, 15) is 24.3 Å². The largest absolute Gasteiger partial charge is 0.480 e. The van der Waals surface area contributed by atoms with Crippen molar-refractivity contribution >= 4 is 23.7 Å². The number of hydrogen-bond acceptors (Lipinski definition) is 6. The molecule has 6 atom stereocenters. The molecule has 0 fully saturated rings. The topological polar surface area (TPSA) is 171 Å². The van der Waals surface area contributed by atoms with Gasteiger partial charge < -0.3 is 31.9 Å². The summed E-state index contributed by atoms with van der Waals surface area (Å²) in [5, 5.41) is 25.5. The van der Waals surface area contributed by atoms with Crippen molar-refractivity contribution < 1.29 is 29.4 Å². The van der Waals surface area contributed by atoms with E-state index in [4.69, 9.17) is 10.8 Å². The van der Waals surface area contributed by atoms with Gasteiger partial charge in [0.1, 0.15) is 18.1 Å². The maximum Gasteiger partial charge on any atom is 0.325 e. The zero-order valence-corrected chi connectivity index (χ0v) is 15.8. The molecule has 7 N–H and O–H groups in total. The maximum absolute atomic E-state index is 12.3. The van der Waals surface area contributed by atoms with Gasteiger partial charge in [0.25, 0.3) is 0 Å². The third-order valence-electron chi connectivity index (χ3n) is 4.10. The van der Waals surface area contributed by atoms with Gasteiger partial charge in [-0.3, -0.25) is 19.2 Å². The number of amides is 3. The van der Waals surface area contributed by atoms with E-state index in [2.05, 4.69) is 16.0 Å². The fourth-order valence-corrected chi connectivity index (χ4v) is 1.94. The Hall–Kier alpha value is -2.20. The second-order valence-corrected chi connectivity index (χ2v) is 6.44. The Morgan fingerprint density at radius 2 is 1.38 bits per heavy atom. The van der Waals surface area contributed by atoms with E-state index in [-0.39, 0.29) is 5.92 Å². The van der Waals surface area contributed by atoms with Crippen molar-refractivity contribution in [3.8, 4) is 0 Å². The van der Waals surface area contributed by atoms with Gasteiger partial charge in [-0.05, 0) is 26.7 Å². The molecule has 0 aromatic rings. The highest BCUT2D eigenvalue weighted by molar-refractivity contribution is 5.94. The van der Waals surface area contributed by atoms with E-state index in [0.29, 0.717) is 6.42 Å². The van der Waals surface area contributed by atoms with Crippen LogP contribution < -0.4 is 21.7 Å². The molecular formula is C16H30N4O6. The molecule has 6 unspecified atom stereocenters. The summed E-state index contributed by atoms with van der Waals surface area (Å²) in [6.07, 6.45) is -0.560. The van der Waals surface area contributed by atoms with Gasteiger partial charge >= 0.3 is 5.97 Å². The average Bonchev–Trinajstić information content (AvgIpc) is 2.56. The lowest BCUT2D eigenvalue weighted by Crippen LogP contribution is -2.59. The van der Waals surface area contributed by atoms with Crippen molar-refractivity contribution in [2.24, 2.45) is 11.7 Å². The predicted octanol–water partition coefficient (Wildman–Crippen LogP) is -1.68. The molecule has 10 heteroatoms. The Bertz CT molecular complexity index is 525.